The molecule has 0 spiro atoms. The largest absolute Gasteiger partial charge is 0.492 e. The number of halogens is 2. The molecular weight excluding hydrogens is 301 g/mol. The highest BCUT2D eigenvalue weighted by atomic mass is 35.5. The second-order valence-corrected chi connectivity index (χ2v) is 5.65. The van der Waals surface area contributed by atoms with E-state index in [0.717, 1.165) is 25.3 Å². The van der Waals surface area contributed by atoms with Gasteiger partial charge in [-0.15, -0.1) is 0 Å². The molecular formula is C14H15Cl2NOS. The van der Waals surface area contributed by atoms with Crippen LogP contribution in [0.3, 0.4) is 0 Å². The summed E-state index contributed by atoms with van der Waals surface area (Å²) in [4.78, 5) is 0. The third-order valence-electron chi connectivity index (χ3n) is 2.61. The molecule has 0 bridgehead atoms. The molecule has 5 heteroatoms. The Labute approximate surface area is 127 Å². The van der Waals surface area contributed by atoms with Gasteiger partial charge in [0.15, 0.2) is 0 Å². The fraction of sp³-hybridized carbons (Fsp3) is 0.286. The smallest absolute Gasteiger partial charge is 0.120 e. The van der Waals surface area contributed by atoms with Gasteiger partial charge < -0.3 is 10.1 Å². The van der Waals surface area contributed by atoms with E-state index in [-0.39, 0.29) is 0 Å². The van der Waals surface area contributed by atoms with Gasteiger partial charge in [0.2, 0.25) is 0 Å². The lowest BCUT2D eigenvalue weighted by Crippen LogP contribution is -2.23. The summed E-state index contributed by atoms with van der Waals surface area (Å²) in [5.41, 5.74) is 1.38. The number of rotatable bonds is 7. The van der Waals surface area contributed by atoms with Crippen molar-refractivity contribution in [2.45, 2.75) is 6.42 Å². The van der Waals surface area contributed by atoms with Gasteiger partial charge in [-0.25, -0.2) is 0 Å². The molecule has 0 aliphatic carbocycles. The highest BCUT2D eigenvalue weighted by Crippen LogP contribution is 2.26. The first-order chi connectivity index (χ1) is 9.25. The Kier molecular flexibility index (Phi) is 5.98. The summed E-state index contributed by atoms with van der Waals surface area (Å²) in [5.74, 6) is 0.744. The third kappa shape index (κ3) is 5.03. The molecule has 0 saturated heterocycles. The number of benzene rings is 1. The zero-order valence-electron chi connectivity index (χ0n) is 10.4. The number of hydrogen-bond donors (Lipinski definition) is 1. The lowest BCUT2D eigenvalue weighted by Gasteiger charge is -2.08. The van der Waals surface area contributed by atoms with Crippen LogP contribution in [0.1, 0.15) is 5.56 Å². The maximum absolute atomic E-state index is 5.91. The van der Waals surface area contributed by atoms with E-state index in [1.165, 1.54) is 5.56 Å². The molecule has 1 heterocycles. The SMILES string of the molecule is Clc1ccc(OCCNCCc2ccsc2)cc1Cl. The van der Waals surface area contributed by atoms with E-state index < -0.39 is 0 Å². The molecule has 2 aromatic rings. The molecule has 2 nitrogen and oxygen atoms in total. The van der Waals surface area contributed by atoms with Gasteiger partial charge in [0.25, 0.3) is 0 Å². The lowest BCUT2D eigenvalue weighted by molar-refractivity contribution is 0.314. The first kappa shape index (κ1) is 14.7. The van der Waals surface area contributed by atoms with E-state index in [2.05, 4.69) is 22.1 Å². The molecule has 1 aromatic heterocycles. The second kappa shape index (κ2) is 7.75. The molecule has 102 valence electrons. The van der Waals surface area contributed by atoms with Gasteiger partial charge in [-0.1, -0.05) is 23.2 Å². The van der Waals surface area contributed by atoms with Gasteiger partial charge in [-0.2, -0.15) is 11.3 Å². The summed E-state index contributed by atoms with van der Waals surface area (Å²) in [6.45, 7) is 2.38. The van der Waals surface area contributed by atoms with Crippen molar-refractivity contribution in [2.75, 3.05) is 19.7 Å². The zero-order valence-corrected chi connectivity index (χ0v) is 12.7. The highest BCUT2D eigenvalue weighted by molar-refractivity contribution is 7.07. The maximum atomic E-state index is 5.91. The Balaban J connectivity index is 1.60. The minimum atomic E-state index is 0.518. The van der Waals surface area contributed by atoms with Crippen molar-refractivity contribution in [2.24, 2.45) is 0 Å². The van der Waals surface area contributed by atoms with Gasteiger partial charge >= 0.3 is 0 Å². The topological polar surface area (TPSA) is 21.3 Å². The van der Waals surface area contributed by atoms with Gasteiger partial charge in [0.1, 0.15) is 12.4 Å². The van der Waals surface area contributed by atoms with Crippen LogP contribution in [-0.2, 0) is 6.42 Å². The molecule has 0 aliphatic heterocycles. The molecule has 1 aromatic carbocycles. The van der Waals surface area contributed by atoms with Crippen LogP contribution >= 0.6 is 34.5 Å². The molecule has 0 aliphatic rings. The van der Waals surface area contributed by atoms with Crippen molar-refractivity contribution < 1.29 is 4.74 Å². The maximum Gasteiger partial charge on any atom is 0.120 e. The highest BCUT2D eigenvalue weighted by Gasteiger charge is 2.00. The molecule has 0 saturated carbocycles. The van der Waals surface area contributed by atoms with Crippen molar-refractivity contribution in [3.8, 4) is 5.75 Å². The molecule has 0 fully saturated rings. The van der Waals surface area contributed by atoms with Crippen LogP contribution in [0.4, 0.5) is 0 Å². The van der Waals surface area contributed by atoms with Crippen molar-refractivity contribution in [1.82, 2.24) is 5.32 Å². The summed E-state index contributed by atoms with van der Waals surface area (Å²) in [6.07, 6.45) is 1.05. The molecule has 0 amide bonds. The van der Waals surface area contributed by atoms with E-state index >= 15 is 0 Å². The first-order valence-electron chi connectivity index (χ1n) is 6.05. The van der Waals surface area contributed by atoms with E-state index in [1.807, 2.05) is 6.07 Å². The summed E-state index contributed by atoms with van der Waals surface area (Å²) in [6, 6.07) is 7.44. The number of ether oxygens (including phenoxy) is 1. The van der Waals surface area contributed by atoms with Crippen molar-refractivity contribution in [1.29, 1.82) is 0 Å². The molecule has 1 N–H and O–H groups in total. The molecule has 19 heavy (non-hydrogen) atoms. The van der Waals surface area contributed by atoms with Crippen molar-refractivity contribution in [3.63, 3.8) is 0 Å². The number of thiophene rings is 1. The average Bonchev–Trinajstić information content (AvgIpc) is 2.91. The monoisotopic (exact) mass is 315 g/mol. The van der Waals surface area contributed by atoms with Crippen LogP contribution in [-0.4, -0.2) is 19.7 Å². The van der Waals surface area contributed by atoms with E-state index in [0.29, 0.717) is 16.7 Å². The normalized spacial score (nSPS) is 10.6. The quantitative estimate of drug-likeness (QED) is 0.770. The molecule has 0 radical (unpaired) electrons. The van der Waals surface area contributed by atoms with Gasteiger partial charge in [-0.3, -0.25) is 0 Å². The predicted octanol–water partition coefficient (Wildman–Crippen LogP) is 4.27. The minimum absolute atomic E-state index is 0.518. The Morgan fingerprint density at radius 2 is 2.00 bits per heavy atom. The fourth-order valence-electron chi connectivity index (χ4n) is 1.60. The third-order valence-corrected chi connectivity index (χ3v) is 4.08. The van der Waals surface area contributed by atoms with Gasteiger partial charge in [-0.05, 0) is 47.5 Å². The molecule has 0 unspecified atom stereocenters. The van der Waals surface area contributed by atoms with Gasteiger partial charge in [0.05, 0.1) is 10.0 Å². The van der Waals surface area contributed by atoms with E-state index in [4.69, 9.17) is 27.9 Å². The predicted molar refractivity (Wildman–Crippen MR) is 82.8 cm³/mol. The average molecular weight is 316 g/mol. The van der Waals surface area contributed by atoms with Crippen LogP contribution in [0.15, 0.2) is 35.0 Å². The minimum Gasteiger partial charge on any atom is -0.492 e. The van der Waals surface area contributed by atoms with Crippen LogP contribution in [0.2, 0.25) is 10.0 Å². The Morgan fingerprint density at radius 1 is 1.11 bits per heavy atom. The van der Waals surface area contributed by atoms with Crippen molar-refractivity contribution >= 4 is 34.5 Å². The second-order valence-electron chi connectivity index (χ2n) is 4.06. The molecule has 0 atom stereocenters. The summed E-state index contributed by atoms with van der Waals surface area (Å²) < 4.78 is 5.58. The summed E-state index contributed by atoms with van der Waals surface area (Å²) in [5, 5.41) is 8.68. The molecule has 2 rings (SSSR count). The summed E-state index contributed by atoms with van der Waals surface area (Å²) >= 11 is 13.5. The van der Waals surface area contributed by atoms with Crippen LogP contribution in [0.25, 0.3) is 0 Å². The van der Waals surface area contributed by atoms with Crippen LogP contribution in [0.5, 0.6) is 5.75 Å². The Bertz CT molecular complexity index is 502. The fourth-order valence-corrected chi connectivity index (χ4v) is 2.59. The lowest BCUT2D eigenvalue weighted by atomic mass is 10.2. The number of hydrogen-bond acceptors (Lipinski definition) is 3. The number of nitrogens with one attached hydrogen (secondary N) is 1. The van der Waals surface area contributed by atoms with E-state index in [9.17, 15) is 0 Å². The van der Waals surface area contributed by atoms with E-state index in [1.54, 1.807) is 23.5 Å². The van der Waals surface area contributed by atoms with Crippen LogP contribution in [0, 0.1) is 0 Å². The standard InChI is InChI=1S/C14H15Cl2NOS/c15-13-2-1-12(9-14(13)16)18-7-6-17-5-3-11-4-8-19-10-11/h1-2,4,8-10,17H,3,5-7H2. The first-order valence-corrected chi connectivity index (χ1v) is 7.75. The van der Waals surface area contributed by atoms with Gasteiger partial charge in [0, 0.05) is 12.6 Å². The Morgan fingerprint density at radius 3 is 2.74 bits per heavy atom. The van der Waals surface area contributed by atoms with Crippen LogP contribution < -0.4 is 10.1 Å². The Hall–Kier alpha value is -0.740. The summed E-state index contributed by atoms with van der Waals surface area (Å²) in [7, 11) is 0. The zero-order chi connectivity index (χ0) is 13.5. The van der Waals surface area contributed by atoms with Crippen molar-refractivity contribution in [3.05, 3.63) is 50.6 Å².